The van der Waals surface area contributed by atoms with Gasteiger partial charge in [0, 0.05) is 41.6 Å². The van der Waals surface area contributed by atoms with Crippen LogP contribution in [-0.2, 0) is 0 Å². The predicted octanol–water partition coefficient (Wildman–Crippen LogP) is 5.04. The molecule has 8 heteroatoms. The van der Waals surface area contributed by atoms with Gasteiger partial charge in [0.1, 0.15) is 5.65 Å². The van der Waals surface area contributed by atoms with Gasteiger partial charge >= 0.3 is 6.03 Å². The number of fused-ring (bicyclic) bond motifs is 2. The summed E-state index contributed by atoms with van der Waals surface area (Å²) in [5, 5.41) is 7.14. The van der Waals surface area contributed by atoms with Gasteiger partial charge in [-0.15, -0.1) is 0 Å². The van der Waals surface area contributed by atoms with Crippen LogP contribution in [0.1, 0.15) is 6.92 Å². The number of aromatic nitrogens is 4. The van der Waals surface area contributed by atoms with Crippen molar-refractivity contribution in [1.82, 2.24) is 25.3 Å². The van der Waals surface area contributed by atoms with E-state index in [1.54, 1.807) is 6.20 Å². The second-order valence-corrected chi connectivity index (χ2v) is 7.73. The number of thiazole rings is 1. The Labute approximate surface area is 176 Å². The summed E-state index contributed by atoms with van der Waals surface area (Å²) in [5.41, 5.74) is 5.43. The molecule has 3 N–H and O–H groups in total. The normalized spacial score (nSPS) is 11.1. The van der Waals surface area contributed by atoms with Crippen molar-refractivity contribution in [3.8, 4) is 22.4 Å². The number of pyridine rings is 2. The zero-order valence-electron chi connectivity index (χ0n) is 16.1. The number of anilines is 1. The molecule has 4 heterocycles. The largest absolute Gasteiger partial charge is 0.346 e. The topological polar surface area (TPSA) is 95.6 Å². The third-order valence-corrected chi connectivity index (χ3v) is 5.75. The summed E-state index contributed by atoms with van der Waals surface area (Å²) in [4.78, 5) is 28.8. The molecule has 0 aliphatic heterocycles. The summed E-state index contributed by atoms with van der Waals surface area (Å²) < 4.78 is 0.966. The fourth-order valence-corrected chi connectivity index (χ4v) is 4.32. The standard InChI is InChI=1S/C22H18N6OS/c1-2-24-21(29)28-22-27-18-11-15(14-4-3-8-23-12-14)10-16(19(18)30-22)17-6-5-13-7-9-25-20(13)26-17/h3-12H,2H2,1H3,(H,25,26)(H2,24,27,28,29). The number of nitrogens with one attached hydrogen (secondary N) is 3. The highest BCUT2D eigenvalue weighted by molar-refractivity contribution is 7.22. The Hall–Kier alpha value is -3.78. The molecular formula is C22H18N6OS. The average Bonchev–Trinajstić information content (AvgIpc) is 3.39. The van der Waals surface area contributed by atoms with E-state index < -0.39 is 0 Å². The molecule has 5 aromatic rings. The van der Waals surface area contributed by atoms with Crippen LogP contribution in [0.2, 0.25) is 0 Å². The number of urea groups is 1. The molecule has 0 aliphatic rings. The van der Waals surface area contributed by atoms with E-state index in [-0.39, 0.29) is 6.03 Å². The Morgan fingerprint density at radius 3 is 2.90 bits per heavy atom. The third-order valence-electron chi connectivity index (χ3n) is 4.73. The minimum absolute atomic E-state index is 0.267. The minimum atomic E-state index is -0.267. The van der Waals surface area contributed by atoms with Crippen molar-refractivity contribution in [2.75, 3.05) is 11.9 Å². The third kappa shape index (κ3) is 3.37. The Morgan fingerprint density at radius 2 is 2.07 bits per heavy atom. The number of carbonyl (C=O) groups is 1. The number of benzene rings is 1. The van der Waals surface area contributed by atoms with E-state index in [0.29, 0.717) is 11.7 Å². The molecule has 148 valence electrons. The number of carbonyl (C=O) groups excluding carboxylic acids is 1. The van der Waals surface area contributed by atoms with Gasteiger partial charge < -0.3 is 10.3 Å². The number of amides is 2. The number of hydrogen-bond acceptors (Lipinski definition) is 5. The van der Waals surface area contributed by atoms with Gasteiger partial charge in [0.25, 0.3) is 0 Å². The van der Waals surface area contributed by atoms with Crippen LogP contribution in [0.25, 0.3) is 43.6 Å². The first-order valence-electron chi connectivity index (χ1n) is 9.55. The van der Waals surface area contributed by atoms with Gasteiger partial charge in [-0.2, -0.15) is 0 Å². The molecule has 0 atom stereocenters. The molecule has 5 rings (SSSR count). The first-order valence-corrected chi connectivity index (χ1v) is 10.4. The first-order chi connectivity index (χ1) is 14.7. The van der Waals surface area contributed by atoms with Gasteiger partial charge in [-0.25, -0.2) is 14.8 Å². The summed E-state index contributed by atoms with van der Waals surface area (Å²) in [7, 11) is 0. The maximum atomic E-state index is 12.0. The monoisotopic (exact) mass is 414 g/mol. The van der Waals surface area contributed by atoms with E-state index in [2.05, 4.69) is 31.7 Å². The van der Waals surface area contributed by atoms with Crippen molar-refractivity contribution in [3.05, 3.63) is 61.1 Å². The lowest BCUT2D eigenvalue weighted by atomic mass is 10.0. The highest BCUT2D eigenvalue weighted by Gasteiger charge is 2.15. The zero-order valence-corrected chi connectivity index (χ0v) is 17.0. The Kier molecular flexibility index (Phi) is 4.61. The molecule has 0 radical (unpaired) electrons. The van der Waals surface area contributed by atoms with Crippen molar-refractivity contribution in [2.45, 2.75) is 6.92 Å². The number of nitrogens with zero attached hydrogens (tertiary/aromatic N) is 3. The van der Waals surface area contributed by atoms with Crippen molar-refractivity contribution in [1.29, 1.82) is 0 Å². The second-order valence-electron chi connectivity index (χ2n) is 6.73. The van der Waals surface area contributed by atoms with Gasteiger partial charge in [0.2, 0.25) is 0 Å². The van der Waals surface area contributed by atoms with Gasteiger partial charge in [0.05, 0.1) is 15.9 Å². The molecule has 30 heavy (non-hydrogen) atoms. The maximum absolute atomic E-state index is 12.0. The number of rotatable bonds is 4. The summed E-state index contributed by atoms with van der Waals surface area (Å²) in [6, 6.07) is 13.8. The van der Waals surface area contributed by atoms with Gasteiger partial charge in [-0.05, 0) is 48.9 Å². The van der Waals surface area contributed by atoms with E-state index in [1.165, 1.54) is 11.3 Å². The fourth-order valence-electron chi connectivity index (χ4n) is 3.36. The number of H-pyrrole nitrogens is 1. The van der Waals surface area contributed by atoms with E-state index in [4.69, 9.17) is 4.98 Å². The molecule has 0 unspecified atom stereocenters. The van der Waals surface area contributed by atoms with Crippen LogP contribution < -0.4 is 10.6 Å². The van der Waals surface area contributed by atoms with Crippen LogP contribution in [-0.4, -0.2) is 32.5 Å². The van der Waals surface area contributed by atoms with Crippen LogP contribution >= 0.6 is 11.3 Å². The molecule has 0 saturated heterocycles. The lowest BCUT2D eigenvalue weighted by Crippen LogP contribution is -2.28. The van der Waals surface area contributed by atoms with E-state index in [0.717, 1.165) is 43.6 Å². The van der Waals surface area contributed by atoms with Crippen molar-refractivity contribution >= 4 is 43.7 Å². The van der Waals surface area contributed by atoms with Crippen molar-refractivity contribution in [3.63, 3.8) is 0 Å². The first kappa shape index (κ1) is 18.3. The zero-order chi connectivity index (χ0) is 20.5. The second kappa shape index (κ2) is 7.57. The highest BCUT2D eigenvalue weighted by Crippen LogP contribution is 2.38. The molecule has 2 amide bonds. The lowest BCUT2D eigenvalue weighted by Gasteiger charge is -2.07. The summed E-state index contributed by atoms with van der Waals surface area (Å²) >= 11 is 1.44. The molecule has 1 aromatic carbocycles. The van der Waals surface area contributed by atoms with Gasteiger partial charge in [0.15, 0.2) is 5.13 Å². The molecule has 0 aliphatic carbocycles. The van der Waals surface area contributed by atoms with Crippen LogP contribution in [0, 0.1) is 0 Å². The van der Waals surface area contributed by atoms with Crippen LogP contribution in [0.5, 0.6) is 0 Å². The molecule has 0 bridgehead atoms. The molecule has 0 saturated carbocycles. The smallest absolute Gasteiger partial charge is 0.321 e. The Morgan fingerprint density at radius 1 is 1.13 bits per heavy atom. The number of aromatic amines is 1. The summed E-state index contributed by atoms with van der Waals surface area (Å²) in [6.45, 7) is 2.42. The predicted molar refractivity (Wildman–Crippen MR) is 121 cm³/mol. The van der Waals surface area contributed by atoms with Crippen molar-refractivity contribution < 1.29 is 4.79 Å². The van der Waals surface area contributed by atoms with Gasteiger partial charge in [-0.3, -0.25) is 10.3 Å². The summed E-state index contributed by atoms with van der Waals surface area (Å²) in [5.74, 6) is 0. The van der Waals surface area contributed by atoms with Gasteiger partial charge in [-0.1, -0.05) is 17.4 Å². The molecular weight excluding hydrogens is 396 g/mol. The van der Waals surface area contributed by atoms with E-state index in [9.17, 15) is 4.79 Å². The molecule has 0 spiro atoms. The maximum Gasteiger partial charge on any atom is 0.321 e. The van der Waals surface area contributed by atoms with E-state index in [1.807, 2.05) is 55.7 Å². The fraction of sp³-hybridized carbons (Fsp3) is 0.0909. The number of hydrogen-bond donors (Lipinski definition) is 3. The molecule has 0 fully saturated rings. The van der Waals surface area contributed by atoms with Crippen molar-refractivity contribution in [2.24, 2.45) is 0 Å². The van der Waals surface area contributed by atoms with Crippen LogP contribution in [0.15, 0.2) is 61.1 Å². The summed E-state index contributed by atoms with van der Waals surface area (Å²) in [6.07, 6.45) is 5.46. The van der Waals surface area contributed by atoms with Crippen LogP contribution in [0.3, 0.4) is 0 Å². The SMILES string of the molecule is CCNC(=O)Nc1nc2cc(-c3cccnc3)cc(-c3ccc4cc[nH]c4n3)c2s1. The minimum Gasteiger partial charge on any atom is -0.346 e. The lowest BCUT2D eigenvalue weighted by molar-refractivity contribution is 0.252. The average molecular weight is 414 g/mol. The van der Waals surface area contributed by atoms with Crippen LogP contribution in [0.4, 0.5) is 9.93 Å². The Bertz CT molecular complexity index is 1360. The highest BCUT2D eigenvalue weighted by atomic mass is 32.1. The Balaban J connectivity index is 1.69. The van der Waals surface area contributed by atoms with E-state index >= 15 is 0 Å². The molecule has 4 aromatic heterocycles. The quantitative estimate of drug-likeness (QED) is 0.384. The molecule has 7 nitrogen and oxygen atoms in total.